The van der Waals surface area contributed by atoms with E-state index in [2.05, 4.69) is 5.43 Å². The van der Waals surface area contributed by atoms with Crippen LogP contribution in [0.2, 0.25) is 0 Å². The van der Waals surface area contributed by atoms with Crippen LogP contribution in [0.4, 0.5) is 18.9 Å². The van der Waals surface area contributed by atoms with Gasteiger partial charge in [-0.05, 0) is 24.3 Å². The highest BCUT2D eigenvalue weighted by Gasteiger charge is 2.29. The van der Waals surface area contributed by atoms with Gasteiger partial charge in [0.2, 0.25) is 0 Å². The Balaban J connectivity index is 2.72. The van der Waals surface area contributed by atoms with Crippen molar-refractivity contribution < 1.29 is 13.2 Å². The molecule has 2 nitrogen and oxygen atoms in total. The predicted octanol–water partition coefficient (Wildman–Crippen LogP) is 3.37. The Morgan fingerprint density at radius 1 is 1.06 bits per heavy atom. The molecule has 0 bridgehead atoms. The summed E-state index contributed by atoms with van der Waals surface area (Å²) in [7, 11) is 0. The van der Waals surface area contributed by atoms with Gasteiger partial charge in [-0.2, -0.15) is 13.2 Å². The fraction of sp³-hybridized carbons (Fsp3) is 0.455. The summed E-state index contributed by atoms with van der Waals surface area (Å²) >= 11 is 0. The molecule has 0 radical (unpaired) electrons. The smallest absolute Gasteiger partial charge is 0.319 e. The van der Waals surface area contributed by atoms with Crippen molar-refractivity contribution in [2.75, 3.05) is 18.5 Å². The summed E-state index contributed by atoms with van der Waals surface area (Å²) in [4.78, 5) is 0. The number of rotatable bonds is 4. The van der Waals surface area contributed by atoms with Crippen molar-refractivity contribution in [2.24, 2.45) is 0 Å². The van der Waals surface area contributed by atoms with Gasteiger partial charge >= 0.3 is 6.18 Å². The quantitative estimate of drug-likeness (QED) is 0.800. The Morgan fingerprint density at radius 3 is 1.94 bits per heavy atom. The Kier molecular flexibility index (Phi) is 4.18. The van der Waals surface area contributed by atoms with Crippen molar-refractivity contribution in [2.45, 2.75) is 20.0 Å². The predicted molar refractivity (Wildman–Crippen MR) is 58.0 cm³/mol. The van der Waals surface area contributed by atoms with Crippen molar-refractivity contribution in [3.63, 3.8) is 0 Å². The summed E-state index contributed by atoms with van der Waals surface area (Å²) in [5, 5.41) is 1.91. The topological polar surface area (TPSA) is 15.3 Å². The second-order valence-electron chi connectivity index (χ2n) is 3.36. The minimum absolute atomic E-state index is 0.627. The molecule has 1 aromatic carbocycles. The van der Waals surface area contributed by atoms with Gasteiger partial charge in [-0.25, -0.2) is 5.01 Å². The van der Waals surface area contributed by atoms with Crippen LogP contribution in [0.5, 0.6) is 0 Å². The first-order valence-electron chi connectivity index (χ1n) is 5.16. The van der Waals surface area contributed by atoms with E-state index in [4.69, 9.17) is 0 Å². The third-order valence-corrected chi connectivity index (χ3v) is 2.26. The lowest BCUT2D eigenvalue weighted by Gasteiger charge is -2.20. The second kappa shape index (κ2) is 5.21. The molecule has 0 atom stereocenters. The number of hydrogen-bond acceptors (Lipinski definition) is 2. The van der Waals surface area contributed by atoms with E-state index in [-0.39, 0.29) is 0 Å². The third kappa shape index (κ3) is 3.41. The molecule has 16 heavy (non-hydrogen) atoms. The molecule has 5 heteroatoms. The number of nitrogens with one attached hydrogen (secondary N) is 1. The summed E-state index contributed by atoms with van der Waals surface area (Å²) in [6, 6.07) is 5.01. The fourth-order valence-corrected chi connectivity index (χ4v) is 1.30. The molecular weight excluding hydrogens is 217 g/mol. The molecule has 0 aliphatic carbocycles. The lowest BCUT2D eigenvalue weighted by Crippen LogP contribution is -2.29. The van der Waals surface area contributed by atoms with E-state index in [9.17, 15) is 13.2 Å². The monoisotopic (exact) mass is 232 g/mol. The van der Waals surface area contributed by atoms with Gasteiger partial charge in [0.15, 0.2) is 0 Å². The molecule has 0 aromatic heterocycles. The Morgan fingerprint density at radius 2 is 1.56 bits per heavy atom. The first-order valence-corrected chi connectivity index (χ1v) is 5.16. The number of alkyl halides is 3. The van der Waals surface area contributed by atoms with Crippen LogP contribution in [0.15, 0.2) is 24.3 Å². The molecule has 0 spiro atoms. The van der Waals surface area contributed by atoms with Crippen LogP contribution in [0.3, 0.4) is 0 Å². The SMILES string of the molecule is CCN(CC)Nc1ccc(C(F)(F)F)cc1. The van der Waals surface area contributed by atoms with Gasteiger partial charge in [-0.1, -0.05) is 13.8 Å². The summed E-state index contributed by atoms with van der Waals surface area (Å²) in [6.45, 7) is 5.52. The number of anilines is 1. The number of nitrogens with zero attached hydrogens (tertiary/aromatic N) is 1. The molecular formula is C11H15F3N2. The fourth-order valence-electron chi connectivity index (χ4n) is 1.30. The van der Waals surface area contributed by atoms with E-state index < -0.39 is 11.7 Å². The van der Waals surface area contributed by atoms with Crippen LogP contribution >= 0.6 is 0 Å². The largest absolute Gasteiger partial charge is 0.416 e. The van der Waals surface area contributed by atoms with Gasteiger partial charge in [0.05, 0.1) is 5.56 Å². The van der Waals surface area contributed by atoms with E-state index >= 15 is 0 Å². The first-order chi connectivity index (χ1) is 7.47. The lowest BCUT2D eigenvalue weighted by molar-refractivity contribution is -0.137. The molecule has 0 unspecified atom stereocenters. The van der Waals surface area contributed by atoms with Gasteiger partial charge < -0.3 is 5.43 Å². The summed E-state index contributed by atoms with van der Waals surface area (Å²) < 4.78 is 36.9. The van der Waals surface area contributed by atoms with Gasteiger partial charge in [0.25, 0.3) is 0 Å². The zero-order chi connectivity index (χ0) is 12.2. The number of hydrazine groups is 1. The van der Waals surface area contributed by atoms with Crippen molar-refractivity contribution in [1.29, 1.82) is 0 Å². The van der Waals surface area contributed by atoms with Crippen LogP contribution in [0.1, 0.15) is 19.4 Å². The van der Waals surface area contributed by atoms with E-state index in [1.807, 2.05) is 18.9 Å². The highest BCUT2D eigenvalue weighted by molar-refractivity contribution is 5.44. The summed E-state index contributed by atoms with van der Waals surface area (Å²) in [5.74, 6) is 0. The molecule has 0 aliphatic rings. The van der Waals surface area contributed by atoms with Crippen molar-refractivity contribution >= 4 is 5.69 Å². The van der Waals surface area contributed by atoms with Crippen molar-refractivity contribution in [1.82, 2.24) is 5.01 Å². The van der Waals surface area contributed by atoms with E-state index in [1.165, 1.54) is 12.1 Å². The van der Waals surface area contributed by atoms with Crippen molar-refractivity contribution in [3.8, 4) is 0 Å². The molecule has 1 rings (SSSR count). The maximum Gasteiger partial charge on any atom is 0.416 e. The standard InChI is InChI=1S/C11H15F3N2/c1-3-16(4-2)15-10-7-5-9(6-8-10)11(12,13)14/h5-8,15H,3-4H2,1-2H3. The Bertz CT molecular complexity index is 315. The van der Waals surface area contributed by atoms with Crippen LogP contribution in [0, 0.1) is 0 Å². The maximum atomic E-state index is 12.3. The van der Waals surface area contributed by atoms with Gasteiger partial charge in [-0.3, -0.25) is 0 Å². The average molecular weight is 232 g/mol. The normalized spacial score (nSPS) is 11.9. The average Bonchev–Trinajstić information content (AvgIpc) is 2.25. The number of benzene rings is 1. The summed E-state index contributed by atoms with van der Waals surface area (Å²) in [5.41, 5.74) is 3.06. The van der Waals surface area contributed by atoms with Gasteiger partial charge in [0.1, 0.15) is 0 Å². The minimum atomic E-state index is -4.27. The molecule has 0 saturated carbocycles. The Hall–Kier alpha value is -1.23. The minimum Gasteiger partial charge on any atom is -0.319 e. The third-order valence-electron chi connectivity index (χ3n) is 2.26. The van der Waals surface area contributed by atoms with E-state index in [0.29, 0.717) is 5.69 Å². The molecule has 0 amide bonds. The maximum absolute atomic E-state index is 12.3. The number of hydrogen-bond donors (Lipinski definition) is 1. The zero-order valence-electron chi connectivity index (χ0n) is 9.30. The molecule has 1 N–H and O–H groups in total. The molecule has 0 fully saturated rings. The molecule has 1 aromatic rings. The van der Waals surface area contributed by atoms with Gasteiger partial charge in [0, 0.05) is 18.8 Å². The van der Waals surface area contributed by atoms with Crippen molar-refractivity contribution in [3.05, 3.63) is 29.8 Å². The first kappa shape index (κ1) is 12.8. The van der Waals surface area contributed by atoms with Crippen LogP contribution < -0.4 is 5.43 Å². The molecule has 0 saturated heterocycles. The Labute approximate surface area is 93.0 Å². The molecule has 0 aliphatic heterocycles. The summed E-state index contributed by atoms with van der Waals surface area (Å²) in [6.07, 6.45) is -4.27. The zero-order valence-corrected chi connectivity index (χ0v) is 9.30. The van der Waals surface area contributed by atoms with Crippen LogP contribution in [-0.2, 0) is 6.18 Å². The molecule has 90 valence electrons. The van der Waals surface area contributed by atoms with Crippen LogP contribution in [0.25, 0.3) is 0 Å². The highest BCUT2D eigenvalue weighted by atomic mass is 19.4. The highest BCUT2D eigenvalue weighted by Crippen LogP contribution is 2.29. The van der Waals surface area contributed by atoms with Gasteiger partial charge in [-0.15, -0.1) is 0 Å². The van der Waals surface area contributed by atoms with E-state index in [1.54, 1.807) is 0 Å². The van der Waals surface area contributed by atoms with Crippen LogP contribution in [-0.4, -0.2) is 18.1 Å². The lowest BCUT2D eigenvalue weighted by atomic mass is 10.2. The number of halogens is 3. The molecule has 0 heterocycles. The van der Waals surface area contributed by atoms with E-state index in [0.717, 1.165) is 25.2 Å². The second-order valence-corrected chi connectivity index (χ2v) is 3.36.